The van der Waals surface area contributed by atoms with Crippen molar-refractivity contribution in [3.05, 3.63) is 75.5 Å². The number of anilines is 1. The Morgan fingerprint density at radius 1 is 0.929 bits per heavy atom. The minimum atomic E-state index is 0.0567. The summed E-state index contributed by atoms with van der Waals surface area (Å²) in [5, 5.41) is 0. The maximum Gasteiger partial charge on any atom is 0.258 e. The highest BCUT2D eigenvalue weighted by Gasteiger charge is 2.30. The first-order valence-corrected chi connectivity index (χ1v) is 10.4. The summed E-state index contributed by atoms with van der Waals surface area (Å²) in [7, 11) is 1.85. The number of amides is 1. The Kier molecular flexibility index (Phi) is 4.51. The van der Waals surface area contributed by atoms with Gasteiger partial charge in [-0.3, -0.25) is 4.79 Å². The molecule has 28 heavy (non-hydrogen) atoms. The van der Waals surface area contributed by atoms with Gasteiger partial charge in [-0.15, -0.1) is 11.3 Å². The van der Waals surface area contributed by atoms with Crippen LogP contribution in [-0.4, -0.2) is 13.0 Å². The van der Waals surface area contributed by atoms with Crippen LogP contribution >= 0.6 is 11.3 Å². The standard InChI is InChI=1S/C25H25NOS/c1-16-6-12-20(28-16)15-22-21-14-18(9-13-23(21)26(5)24(22)27)17-7-10-19(11-8-17)25(2,3)4/h6-15H,1-5H3/b22-15-. The fraction of sp³-hybridized carbons (Fsp3) is 0.240. The van der Waals surface area contributed by atoms with Gasteiger partial charge in [0.1, 0.15) is 0 Å². The summed E-state index contributed by atoms with van der Waals surface area (Å²) in [4.78, 5) is 16.9. The molecule has 0 spiro atoms. The van der Waals surface area contributed by atoms with Gasteiger partial charge in [0.15, 0.2) is 0 Å². The second-order valence-corrected chi connectivity index (χ2v) is 9.75. The first-order valence-electron chi connectivity index (χ1n) is 9.55. The van der Waals surface area contributed by atoms with Gasteiger partial charge in [-0.05, 0) is 59.4 Å². The number of thiophene rings is 1. The highest BCUT2D eigenvalue weighted by molar-refractivity contribution is 7.12. The average Bonchev–Trinajstić information content (AvgIpc) is 3.18. The minimum absolute atomic E-state index is 0.0567. The van der Waals surface area contributed by atoms with Crippen LogP contribution in [0.25, 0.3) is 22.8 Å². The van der Waals surface area contributed by atoms with Crippen LogP contribution < -0.4 is 4.90 Å². The van der Waals surface area contributed by atoms with Crippen LogP contribution in [0.5, 0.6) is 0 Å². The van der Waals surface area contributed by atoms with Gasteiger partial charge >= 0.3 is 0 Å². The minimum Gasteiger partial charge on any atom is -0.311 e. The van der Waals surface area contributed by atoms with Crippen molar-refractivity contribution >= 4 is 34.6 Å². The molecule has 2 nitrogen and oxygen atoms in total. The Balaban J connectivity index is 1.77. The van der Waals surface area contributed by atoms with Crippen molar-refractivity contribution in [1.82, 2.24) is 0 Å². The van der Waals surface area contributed by atoms with Crippen molar-refractivity contribution in [2.24, 2.45) is 0 Å². The maximum absolute atomic E-state index is 12.8. The smallest absolute Gasteiger partial charge is 0.258 e. The number of likely N-dealkylation sites (N-methyl/N-ethyl adjacent to an activating group) is 1. The van der Waals surface area contributed by atoms with Gasteiger partial charge in [-0.25, -0.2) is 0 Å². The van der Waals surface area contributed by atoms with Crippen molar-refractivity contribution in [3.8, 4) is 11.1 Å². The van der Waals surface area contributed by atoms with Crippen LogP contribution in [0.1, 0.15) is 41.7 Å². The highest BCUT2D eigenvalue weighted by Crippen LogP contribution is 2.40. The van der Waals surface area contributed by atoms with Gasteiger partial charge in [-0.1, -0.05) is 51.1 Å². The largest absolute Gasteiger partial charge is 0.311 e. The van der Waals surface area contributed by atoms with E-state index < -0.39 is 0 Å². The number of carbonyl (C=O) groups excluding carboxylic acids is 1. The third-order valence-electron chi connectivity index (χ3n) is 5.32. The molecule has 0 N–H and O–H groups in total. The molecule has 0 bridgehead atoms. The van der Waals surface area contributed by atoms with Crippen LogP contribution in [0, 0.1) is 6.92 Å². The lowest BCUT2D eigenvalue weighted by Crippen LogP contribution is -2.20. The number of fused-ring (bicyclic) bond motifs is 1. The van der Waals surface area contributed by atoms with Crippen molar-refractivity contribution in [2.75, 3.05) is 11.9 Å². The zero-order valence-corrected chi connectivity index (χ0v) is 17.9. The second kappa shape index (κ2) is 6.75. The SMILES string of the molecule is Cc1ccc(/C=C2\C(=O)N(C)c3ccc(-c4ccc(C(C)(C)C)cc4)cc32)s1. The molecule has 0 fully saturated rings. The Morgan fingerprint density at radius 2 is 1.61 bits per heavy atom. The van der Waals surface area contributed by atoms with Gasteiger partial charge in [-0.2, -0.15) is 0 Å². The second-order valence-electron chi connectivity index (χ2n) is 8.43. The van der Waals surface area contributed by atoms with E-state index >= 15 is 0 Å². The zero-order valence-electron chi connectivity index (χ0n) is 17.0. The van der Waals surface area contributed by atoms with Crippen LogP contribution in [0.15, 0.2) is 54.6 Å². The lowest BCUT2D eigenvalue weighted by molar-refractivity contribution is -0.112. The number of benzene rings is 2. The van der Waals surface area contributed by atoms with Crippen molar-refractivity contribution in [3.63, 3.8) is 0 Å². The lowest BCUT2D eigenvalue weighted by atomic mass is 9.86. The molecule has 1 amide bonds. The average molecular weight is 388 g/mol. The van der Waals surface area contributed by atoms with E-state index in [2.05, 4.69) is 82.3 Å². The number of nitrogens with zero attached hydrogens (tertiary/aromatic N) is 1. The fourth-order valence-corrected chi connectivity index (χ4v) is 4.43. The van der Waals surface area contributed by atoms with Crippen molar-refractivity contribution in [2.45, 2.75) is 33.1 Å². The normalized spacial score (nSPS) is 15.4. The summed E-state index contributed by atoms with van der Waals surface area (Å²) in [5.74, 6) is 0.0567. The number of rotatable bonds is 2. The third-order valence-corrected chi connectivity index (χ3v) is 6.26. The molecule has 1 aliphatic heterocycles. The van der Waals surface area contributed by atoms with E-state index in [0.29, 0.717) is 0 Å². The predicted octanol–water partition coefficient (Wildman–Crippen LogP) is 6.54. The predicted molar refractivity (Wildman–Crippen MR) is 121 cm³/mol. The molecule has 0 saturated carbocycles. The summed E-state index contributed by atoms with van der Waals surface area (Å²) in [6.07, 6.45) is 2.02. The number of carbonyl (C=O) groups is 1. The molecule has 2 heterocycles. The highest BCUT2D eigenvalue weighted by atomic mass is 32.1. The van der Waals surface area contributed by atoms with E-state index in [4.69, 9.17) is 0 Å². The van der Waals surface area contributed by atoms with Crippen molar-refractivity contribution < 1.29 is 4.79 Å². The number of hydrogen-bond acceptors (Lipinski definition) is 2. The third kappa shape index (κ3) is 3.31. The molecule has 142 valence electrons. The van der Waals surface area contributed by atoms with E-state index in [9.17, 15) is 4.79 Å². The lowest BCUT2D eigenvalue weighted by Gasteiger charge is -2.19. The quantitative estimate of drug-likeness (QED) is 0.457. The van der Waals surface area contributed by atoms with E-state index in [1.165, 1.54) is 16.0 Å². The van der Waals surface area contributed by atoms with Crippen LogP contribution in [-0.2, 0) is 10.2 Å². The molecule has 3 heteroatoms. The summed E-state index contributed by atoms with van der Waals surface area (Å²) in [6, 6.07) is 19.2. The van der Waals surface area contributed by atoms with Gasteiger partial charge in [0.2, 0.25) is 0 Å². The van der Waals surface area contributed by atoms with Gasteiger partial charge < -0.3 is 4.90 Å². The monoisotopic (exact) mass is 387 g/mol. The molecule has 0 radical (unpaired) electrons. The van der Waals surface area contributed by atoms with E-state index in [0.717, 1.165) is 27.3 Å². The zero-order chi connectivity index (χ0) is 20.1. The van der Waals surface area contributed by atoms with Crippen LogP contribution in [0.3, 0.4) is 0 Å². The first kappa shape index (κ1) is 18.7. The van der Waals surface area contributed by atoms with Crippen molar-refractivity contribution in [1.29, 1.82) is 0 Å². The van der Waals surface area contributed by atoms with Gasteiger partial charge in [0.05, 0.1) is 11.3 Å². The summed E-state index contributed by atoms with van der Waals surface area (Å²) in [6.45, 7) is 8.76. The van der Waals surface area contributed by atoms with Crippen LogP contribution in [0.2, 0.25) is 0 Å². The summed E-state index contributed by atoms with van der Waals surface area (Å²) >= 11 is 1.71. The molecule has 4 rings (SSSR count). The van der Waals surface area contributed by atoms with E-state index in [1.54, 1.807) is 16.2 Å². The Morgan fingerprint density at radius 3 is 2.21 bits per heavy atom. The molecule has 2 aromatic carbocycles. The Bertz CT molecular complexity index is 1080. The molecule has 0 aliphatic carbocycles. The maximum atomic E-state index is 12.8. The molecule has 0 unspecified atom stereocenters. The first-order chi connectivity index (χ1) is 13.2. The Hall–Kier alpha value is -2.65. The molecule has 0 atom stereocenters. The molecule has 3 aromatic rings. The molecule has 1 aromatic heterocycles. The van der Waals surface area contributed by atoms with Crippen LogP contribution in [0.4, 0.5) is 5.69 Å². The topological polar surface area (TPSA) is 20.3 Å². The van der Waals surface area contributed by atoms with E-state index in [-0.39, 0.29) is 11.3 Å². The summed E-state index contributed by atoms with van der Waals surface area (Å²) in [5.41, 5.74) is 6.52. The van der Waals surface area contributed by atoms with Gasteiger partial charge in [0, 0.05) is 22.4 Å². The molecule has 1 aliphatic rings. The van der Waals surface area contributed by atoms with E-state index in [1.807, 2.05) is 13.1 Å². The fourth-order valence-electron chi connectivity index (χ4n) is 3.60. The number of hydrogen-bond donors (Lipinski definition) is 0. The van der Waals surface area contributed by atoms with Gasteiger partial charge in [0.25, 0.3) is 5.91 Å². The molecular weight excluding hydrogens is 362 g/mol. The summed E-state index contributed by atoms with van der Waals surface area (Å²) < 4.78 is 0. The molecule has 0 saturated heterocycles. The Labute approximate surface area is 171 Å². The molecular formula is C25H25NOS. The number of aryl methyl sites for hydroxylation is 1.